The van der Waals surface area contributed by atoms with Crippen molar-refractivity contribution in [1.29, 1.82) is 0 Å². The number of carbonyl (C=O) groups is 1. The summed E-state index contributed by atoms with van der Waals surface area (Å²) in [4.78, 5) is 19.6. The van der Waals surface area contributed by atoms with Gasteiger partial charge in [0.2, 0.25) is 0 Å². The molecule has 0 aromatic carbocycles. The van der Waals surface area contributed by atoms with Gasteiger partial charge in [0.15, 0.2) is 5.65 Å². The second-order valence-corrected chi connectivity index (χ2v) is 6.75. The lowest BCUT2D eigenvalue weighted by Gasteiger charge is -2.25. The van der Waals surface area contributed by atoms with Gasteiger partial charge in [0.1, 0.15) is 5.56 Å². The Kier molecular flexibility index (Phi) is 3.78. The fourth-order valence-electron chi connectivity index (χ4n) is 3.74. The number of fused-ring (bicyclic) bond motifs is 1. The van der Waals surface area contributed by atoms with Crippen molar-refractivity contribution >= 4 is 11.6 Å². The van der Waals surface area contributed by atoms with Gasteiger partial charge >= 0.3 is 0 Å². The van der Waals surface area contributed by atoms with Crippen LogP contribution in [0.4, 0.5) is 0 Å². The van der Waals surface area contributed by atoms with Crippen LogP contribution in [0.2, 0.25) is 0 Å². The van der Waals surface area contributed by atoms with Crippen LogP contribution in [-0.4, -0.2) is 47.8 Å². The Bertz CT molecular complexity index is 940. The van der Waals surface area contributed by atoms with Crippen LogP contribution in [0.15, 0.2) is 24.5 Å². The molecule has 0 bridgehead atoms. The Hall–Kier alpha value is -2.70. The van der Waals surface area contributed by atoms with E-state index in [2.05, 4.69) is 28.2 Å². The third-order valence-electron chi connectivity index (χ3n) is 4.91. The van der Waals surface area contributed by atoms with Gasteiger partial charge in [0.05, 0.1) is 24.0 Å². The number of aromatic nitrogens is 5. The SMILES string of the molecule is Cc1cc(C)n(C[C@@H]2CCCN2C(=O)c2c(C)nn3cccnc23)n1. The van der Waals surface area contributed by atoms with Crippen LogP contribution in [0.25, 0.3) is 5.65 Å². The number of carbonyl (C=O) groups excluding carboxylic acids is 1. The third kappa shape index (κ3) is 2.69. The smallest absolute Gasteiger partial charge is 0.259 e. The van der Waals surface area contributed by atoms with Gasteiger partial charge in [-0.2, -0.15) is 10.2 Å². The largest absolute Gasteiger partial charge is 0.334 e. The van der Waals surface area contributed by atoms with Crippen LogP contribution in [0.3, 0.4) is 0 Å². The molecule has 1 fully saturated rings. The van der Waals surface area contributed by atoms with E-state index >= 15 is 0 Å². The maximum atomic E-state index is 13.2. The number of aryl methyl sites for hydroxylation is 3. The van der Waals surface area contributed by atoms with E-state index in [1.807, 2.05) is 35.7 Å². The molecule has 7 heteroatoms. The van der Waals surface area contributed by atoms with E-state index in [4.69, 9.17) is 0 Å². The molecular formula is C18H22N6O. The van der Waals surface area contributed by atoms with Gasteiger partial charge in [-0.15, -0.1) is 0 Å². The first-order valence-electron chi connectivity index (χ1n) is 8.66. The summed E-state index contributed by atoms with van der Waals surface area (Å²) in [7, 11) is 0. The molecule has 1 saturated heterocycles. The van der Waals surface area contributed by atoms with E-state index in [1.165, 1.54) is 0 Å². The number of hydrogen-bond donors (Lipinski definition) is 0. The number of nitrogens with zero attached hydrogens (tertiary/aromatic N) is 6. The van der Waals surface area contributed by atoms with Gasteiger partial charge in [0, 0.05) is 24.6 Å². The average Bonchev–Trinajstić information content (AvgIpc) is 3.24. The van der Waals surface area contributed by atoms with Crippen molar-refractivity contribution in [3.8, 4) is 0 Å². The standard InChI is InChI=1S/C18H22N6O/c1-12-10-13(2)24(20-12)11-15-6-4-8-22(15)18(25)16-14(3)21-23-9-5-7-19-17(16)23/h5,7,9-10,15H,4,6,8,11H2,1-3H3/t15-/m0/s1. The highest BCUT2D eigenvalue weighted by molar-refractivity contribution is 6.01. The summed E-state index contributed by atoms with van der Waals surface area (Å²) in [6, 6.07) is 4.04. The molecule has 1 atom stereocenters. The van der Waals surface area contributed by atoms with E-state index in [0.29, 0.717) is 11.2 Å². The molecule has 4 heterocycles. The third-order valence-corrected chi connectivity index (χ3v) is 4.91. The average molecular weight is 338 g/mol. The highest BCUT2D eigenvalue weighted by atomic mass is 16.2. The summed E-state index contributed by atoms with van der Waals surface area (Å²) in [6.07, 6.45) is 5.53. The molecule has 3 aromatic rings. The lowest BCUT2D eigenvalue weighted by Crippen LogP contribution is -2.38. The van der Waals surface area contributed by atoms with Crippen molar-refractivity contribution in [2.45, 2.75) is 46.2 Å². The zero-order chi connectivity index (χ0) is 17.6. The molecule has 3 aromatic heterocycles. The number of rotatable bonds is 3. The van der Waals surface area contributed by atoms with Gasteiger partial charge in [-0.3, -0.25) is 9.48 Å². The quantitative estimate of drug-likeness (QED) is 0.734. The predicted octanol–water partition coefficient (Wildman–Crippen LogP) is 2.16. The van der Waals surface area contributed by atoms with Crippen molar-refractivity contribution in [2.24, 2.45) is 0 Å². The zero-order valence-corrected chi connectivity index (χ0v) is 14.8. The van der Waals surface area contributed by atoms with Gasteiger partial charge in [-0.1, -0.05) is 0 Å². The summed E-state index contributed by atoms with van der Waals surface area (Å²) in [6.45, 7) is 7.42. The first-order chi connectivity index (χ1) is 12.0. The number of hydrogen-bond acceptors (Lipinski definition) is 4. The molecular weight excluding hydrogens is 316 g/mol. The Balaban J connectivity index is 1.64. The van der Waals surface area contributed by atoms with E-state index in [1.54, 1.807) is 10.7 Å². The lowest BCUT2D eigenvalue weighted by atomic mass is 10.1. The highest BCUT2D eigenvalue weighted by Gasteiger charge is 2.33. The van der Waals surface area contributed by atoms with Crippen molar-refractivity contribution in [2.75, 3.05) is 6.54 Å². The highest BCUT2D eigenvalue weighted by Crippen LogP contribution is 2.24. The molecule has 0 aliphatic carbocycles. The fraction of sp³-hybridized carbons (Fsp3) is 0.444. The maximum Gasteiger partial charge on any atom is 0.259 e. The summed E-state index contributed by atoms with van der Waals surface area (Å²) in [5, 5.41) is 8.97. The monoisotopic (exact) mass is 338 g/mol. The summed E-state index contributed by atoms with van der Waals surface area (Å²) < 4.78 is 3.68. The zero-order valence-electron chi connectivity index (χ0n) is 14.8. The summed E-state index contributed by atoms with van der Waals surface area (Å²) in [5.41, 5.74) is 4.10. The van der Waals surface area contributed by atoms with Crippen LogP contribution in [0.1, 0.15) is 40.3 Å². The Morgan fingerprint density at radius 2 is 2.12 bits per heavy atom. The first kappa shape index (κ1) is 15.8. The van der Waals surface area contributed by atoms with Gasteiger partial charge in [-0.05, 0) is 45.7 Å². The van der Waals surface area contributed by atoms with E-state index in [0.717, 1.165) is 43.0 Å². The molecule has 0 unspecified atom stereocenters. The first-order valence-corrected chi connectivity index (χ1v) is 8.66. The summed E-state index contributed by atoms with van der Waals surface area (Å²) in [5.74, 6) is 0.0234. The topological polar surface area (TPSA) is 68.3 Å². The number of amides is 1. The van der Waals surface area contributed by atoms with Gasteiger partial charge < -0.3 is 4.90 Å². The van der Waals surface area contributed by atoms with Gasteiger partial charge in [0.25, 0.3) is 5.91 Å². The van der Waals surface area contributed by atoms with E-state index < -0.39 is 0 Å². The van der Waals surface area contributed by atoms with Gasteiger partial charge in [-0.25, -0.2) is 9.50 Å². The minimum atomic E-state index is 0.0234. The van der Waals surface area contributed by atoms with Crippen LogP contribution < -0.4 is 0 Å². The molecule has 0 radical (unpaired) electrons. The molecule has 0 N–H and O–H groups in total. The molecule has 1 amide bonds. The maximum absolute atomic E-state index is 13.2. The van der Waals surface area contributed by atoms with Crippen molar-refractivity contribution in [3.63, 3.8) is 0 Å². The van der Waals surface area contributed by atoms with E-state index in [-0.39, 0.29) is 11.9 Å². The minimum Gasteiger partial charge on any atom is -0.334 e. The predicted molar refractivity (Wildman–Crippen MR) is 93.5 cm³/mol. The second kappa shape index (κ2) is 5.98. The number of likely N-dealkylation sites (tertiary alicyclic amines) is 1. The van der Waals surface area contributed by atoms with Crippen molar-refractivity contribution in [1.82, 2.24) is 29.3 Å². The van der Waals surface area contributed by atoms with Crippen molar-refractivity contribution < 1.29 is 4.79 Å². The van der Waals surface area contributed by atoms with E-state index in [9.17, 15) is 4.79 Å². The Morgan fingerprint density at radius 1 is 1.28 bits per heavy atom. The Morgan fingerprint density at radius 3 is 2.88 bits per heavy atom. The molecule has 1 aliphatic rings. The molecule has 0 saturated carbocycles. The molecule has 4 rings (SSSR count). The molecule has 130 valence electrons. The lowest BCUT2D eigenvalue weighted by molar-refractivity contribution is 0.0722. The molecule has 0 spiro atoms. The molecule has 25 heavy (non-hydrogen) atoms. The fourth-order valence-corrected chi connectivity index (χ4v) is 3.74. The molecule has 1 aliphatic heterocycles. The van der Waals surface area contributed by atoms with Crippen LogP contribution in [0.5, 0.6) is 0 Å². The summed E-state index contributed by atoms with van der Waals surface area (Å²) >= 11 is 0. The van der Waals surface area contributed by atoms with Crippen LogP contribution in [0, 0.1) is 20.8 Å². The normalized spacial score (nSPS) is 17.6. The minimum absolute atomic E-state index is 0.0234. The van der Waals surface area contributed by atoms with Crippen LogP contribution in [-0.2, 0) is 6.54 Å². The molecule has 7 nitrogen and oxygen atoms in total. The van der Waals surface area contributed by atoms with Crippen molar-refractivity contribution in [3.05, 3.63) is 47.2 Å². The Labute approximate surface area is 146 Å². The second-order valence-electron chi connectivity index (χ2n) is 6.75. The van der Waals surface area contributed by atoms with Crippen LogP contribution >= 0.6 is 0 Å².